The number of rotatable bonds is 6. The summed E-state index contributed by atoms with van der Waals surface area (Å²) >= 11 is 0. The molecule has 0 aliphatic carbocycles. The zero-order valence-electron chi connectivity index (χ0n) is 17.2. The smallest absolute Gasteiger partial charge is 0.433 e. The summed E-state index contributed by atoms with van der Waals surface area (Å²) in [6.07, 6.45) is 1.01. The molecule has 0 saturated carbocycles. The Morgan fingerprint density at radius 2 is 1.82 bits per heavy atom. The Kier molecular flexibility index (Phi) is 8.31. The van der Waals surface area contributed by atoms with Gasteiger partial charge >= 0.3 is 6.09 Å². The summed E-state index contributed by atoms with van der Waals surface area (Å²) in [7, 11) is -1.94. The van der Waals surface area contributed by atoms with E-state index in [9.17, 15) is 13.8 Å². The summed E-state index contributed by atoms with van der Waals surface area (Å²) in [5, 5.41) is 5.81. The zero-order valence-corrected chi connectivity index (χ0v) is 18.0. The number of hydrogen-bond donors (Lipinski definition) is 1. The molecule has 0 spiro atoms. The van der Waals surface area contributed by atoms with Crippen LogP contribution in [0.4, 0.5) is 4.79 Å². The molecule has 0 saturated heterocycles. The van der Waals surface area contributed by atoms with Crippen LogP contribution in [0.2, 0.25) is 0 Å². The molecule has 0 fully saturated rings. The van der Waals surface area contributed by atoms with Crippen LogP contribution in [0.3, 0.4) is 0 Å². The molecule has 8 nitrogen and oxygen atoms in total. The number of nitrogens with zero attached hydrogens (tertiary/aromatic N) is 2. The zero-order chi connectivity index (χ0) is 21.5. The van der Waals surface area contributed by atoms with E-state index >= 15 is 0 Å². The topological polar surface area (TPSA) is 120 Å². The summed E-state index contributed by atoms with van der Waals surface area (Å²) in [5.41, 5.74) is -0.700. The van der Waals surface area contributed by atoms with Crippen LogP contribution in [0.5, 0.6) is 5.75 Å². The first kappa shape index (κ1) is 23.8. The minimum absolute atomic E-state index is 0.187. The van der Waals surface area contributed by atoms with Crippen LogP contribution >= 0.6 is 0 Å². The fourth-order valence-corrected chi connectivity index (χ4v) is 3.18. The summed E-state index contributed by atoms with van der Waals surface area (Å²) in [5.74, 6) is -1.18. The number of aliphatic imine (C=N–C) groups is 1. The average molecular weight is 412 g/mol. The van der Waals surface area contributed by atoms with Crippen molar-refractivity contribution < 1.29 is 23.3 Å². The molecule has 3 atom stereocenters. The quantitative estimate of drug-likeness (QED) is 0.717. The summed E-state index contributed by atoms with van der Waals surface area (Å²) in [6, 6.07) is 6.14. The monoisotopic (exact) mass is 411 g/mol. The van der Waals surface area contributed by atoms with E-state index in [0.29, 0.717) is 12.2 Å². The highest BCUT2D eigenvalue weighted by Crippen LogP contribution is 2.20. The normalized spacial score (nSPS) is 16.1. The first-order valence-corrected chi connectivity index (χ1v) is 10.5. The van der Waals surface area contributed by atoms with Gasteiger partial charge in [0.05, 0.1) is 17.9 Å². The molecule has 28 heavy (non-hydrogen) atoms. The maximum atomic E-state index is 12.8. The van der Waals surface area contributed by atoms with Gasteiger partial charge in [-0.25, -0.2) is 14.1 Å². The van der Waals surface area contributed by atoms with Gasteiger partial charge in [-0.3, -0.25) is 4.79 Å². The molecule has 9 heteroatoms. The van der Waals surface area contributed by atoms with Gasteiger partial charge in [0.15, 0.2) is 0 Å². The van der Waals surface area contributed by atoms with Crippen molar-refractivity contribution in [3.05, 3.63) is 24.3 Å². The van der Waals surface area contributed by atoms with Gasteiger partial charge in [-0.1, -0.05) is 20.3 Å². The Labute approximate surface area is 166 Å². The molecule has 0 radical (unpaired) electrons. The fraction of sp³-hybridized carbons (Fsp3) is 0.526. The van der Waals surface area contributed by atoms with E-state index in [1.807, 2.05) is 13.8 Å². The number of carbonyl (C=O) groups excluding carboxylic acids is 2. The Balaban J connectivity index is 3.13. The van der Waals surface area contributed by atoms with Crippen molar-refractivity contribution >= 4 is 28.1 Å². The maximum Gasteiger partial charge on any atom is 0.433 e. The fourth-order valence-electron chi connectivity index (χ4n) is 2.16. The van der Waals surface area contributed by atoms with E-state index < -0.39 is 33.4 Å². The van der Waals surface area contributed by atoms with Crippen molar-refractivity contribution in [2.75, 3.05) is 7.11 Å². The first-order valence-electron chi connectivity index (χ1n) is 8.89. The van der Waals surface area contributed by atoms with Crippen molar-refractivity contribution in [3.8, 4) is 5.75 Å². The van der Waals surface area contributed by atoms with Gasteiger partial charge in [0.25, 0.3) is 5.91 Å². The lowest BCUT2D eigenvalue weighted by atomic mass is 9.92. The Morgan fingerprint density at radius 1 is 1.25 bits per heavy atom. The second-order valence-corrected chi connectivity index (χ2v) is 9.13. The number of methoxy groups -OCH3 is 1. The number of nitrogens with two attached hydrogens (primary N) is 1. The second kappa shape index (κ2) is 9.79. The van der Waals surface area contributed by atoms with Crippen LogP contribution in [0.15, 0.2) is 38.5 Å². The molecule has 0 bridgehead atoms. The van der Waals surface area contributed by atoms with Crippen LogP contribution in [-0.2, 0) is 19.4 Å². The third-order valence-corrected chi connectivity index (χ3v) is 5.30. The van der Waals surface area contributed by atoms with Gasteiger partial charge in [0.2, 0.25) is 0 Å². The average Bonchev–Trinajstić information content (AvgIpc) is 2.59. The predicted octanol–water partition coefficient (Wildman–Crippen LogP) is 3.59. The molecule has 2 N–H and O–H groups in total. The third kappa shape index (κ3) is 7.40. The molecule has 1 aromatic rings. The highest BCUT2D eigenvalue weighted by molar-refractivity contribution is 7.91. The lowest BCUT2D eigenvalue weighted by Crippen LogP contribution is -2.26. The number of carbonyl (C=O) groups is 2. The van der Waals surface area contributed by atoms with Crippen molar-refractivity contribution in [2.45, 2.75) is 51.5 Å². The lowest BCUT2D eigenvalue weighted by molar-refractivity contribution is -0.120. The molecule has 0 aromatic heterocycles. The van der Waals surface area contributed by atoms with Gasteiger partial charge in [0.1, 0.15) is 21.3 Å². The summed E-state index contributed by atoms with van der Waals surface area (Å²) in [4.78, 5) is 28.4. The third-order valence-electron chi connectivity index (χ3n) is 3.90. The summed E-state index contributed by atoms with van der Waals surface area (Å²) in [6.45, 7) is 8.84. The number of hydrogen-bond acceptors (Lipinski definition) is 5. The van der Waals surface area contributed by atoms with Gasteiger partial charge in [0, 0.05) is 6.21 Å². The molecule has 2 unspecified atom stereocenters. The highest BCUT2D eigenvalue weighted by Gasteiger charge is 2.25. The van der Waals surface area contributed by atoms with Crippen LogP contribution in [0.1, 0.15) is 41.0 Å². The molecule has 1 aromatic carbocycles. The minimum atomic E-state index is -3.45. The van der Waals surface area contributed by atoms with E-state index in [2.05, 4.69) is 9.36 Å². The predicted molar refractivity (Wildman–Crippen MR) is 109 cm³/mol. The molecule has 0 aliphatic heterocycles. The van der Waals surface area contributed by atoms with E-state index in [-0.39, 0.29) is 10.8 Å². The van der Waals surface area contributed by atoms with Crippen molar-refractivity contribution in [3.63, 3.8) is 0 Å². The van der Waals surface area contributed by atoms with Gasteiger partial charge in [-0.2, -0.15) is 4.99 Å². The van der Waals surface area contributed by atoms with Gasteiger partial charge in [-0.05, 0) is 51.0 Å². The van der Waals surface area contributed by atoms with E-state index in [4.69, 9.17) is 14.6 Å². The molecular formula is C19H29N3O5S. The minimum Gasteiger partial charge on any atom is -0.497 e. The number of amides is 2. The van der Waals surface area contributed by atoms with Crippen LogP contribution < -0.4 is 9.88 Å². The van der Waals surface area contributed by atoms with Crippen LogP contribution in [0.25, 0.3) is 0 Å². The Bertz CT molecular complexity index is 834. The van der Waals surface area contributed by atoms with E-state index in [0.717, 1.165) is 0 Å². The van der Waals surface area contributed by atoms with Crippen LogP contribution in [-0.4, -0.2) is 35.1 Å². The number of benzene rings is 1. The van der Waals surface area contributed by atoms with Crippen molar-refractivity contribution in [1.82, 2.24) is 0 Å². The first-order chi connectivity index (χ1) is 12.9. The molecule has 0 aliphatic rings. The van der Waals surface area contributed by atoms with Crippen LogP contribution in [0, 0.1) is 11.8 Å². The number of ether oxygens (including phenoxy) is 2. The van der Waals surface area contributed by atoms with E-state index in [1.165, 1.54) is 25.5 Å². The highest BCUT2D eigenvalue weighted by atomic mass is 32.2. The molecular weight excluding hydrogens is 382 g/mol. The summed E-state index contributed by atoms with van der Waals surface area (Å²) < 4.78 is 26.6. The van der Waals surface area contributed by atoms with Crippen molar-refractivity contribution in [2.24, 2.45) is 26.3 Å². The maximum absolute atomic E-state index is 12.8. The SMILES string of the molecule is CC[C@H](C)C(C=NC(=O)OC(C)(C)C)C(=O)N=S(N)(=O)c1ccc(OC)cc1. The lowest BCUT2D eigenvalue weighted by Gasteiger charge is -2.18. The van der Waals surface area contributed by atoms with E-state index in [1.54, 1.807) is 32.9 Å². The van der Waals surface area contributed by atoms with Crippen molar-refractivity contribution in [1.29, 1.82) is 0 Å². The molecule has 0 heterocycles. The van der Waals surface area contributed by atoms with Gasteiger partial charge < -0.3 is 9.47 Å². The Hall–Kier alpha value is -2.26. The Morgan fingerprint density at radius 3 is 2.29 bits per heavy atom. The molecule has 2 amide bonds. The second-order valence-electron chi connectivity index (χ2n) is 7.34. The standard InChI is InChI=1S/C19H29N3O5S/c1-7-13(2)16(12-21-18(24)27-19(3,4)5)17(23)22-28(20,25)15-10-8-14(26-6)9-11-15/h8-13,16H,7H2,1-6H3,(H2,20,22,23,25)/t13-,16?,28?/m0/s1. The largest absolute Gasteiger partial charge is 0.497 e. The molecule has 156 valence electrons. The molecule has 1 rings (SSSR count). The van der Waals surface area contributed by atoms with Gasteiger partial charge in [-0.15, -0.1) is 4.36 Å².